The number of benzene rings is 1. The highest BCUT2D eigenvalue weighted by Crippen LogP contribution is 2.30. The molecule has 0 saturated heterocycles. The second-order valence-corrected chi connectivity index (χ2v) is 8.64. The fraction of sp³-hybridized carbons (Fsp3) is 0.545. The molecule has 8 nitrogen and oxygen atoms in total. The van der Waals surface area contributed by atoms with Gasteiger partial charge in [0.1, 0.15) is 6.04 Å². The van der Waals surface area contributed by atoms with Crippen molar-refractivity contribution in [1.29, 1.82) is 0 Å². The molecule has 0 radical (unpaired) electrons. The fourth-order valence-corrected chi connectivity index (χ4v) is 4.21. The molecule has 1 amide bonds. The molecule has 8 heteroatoms. The fourth-order valence-electron chi connectivity index (χ4n) is 4.21. The molecule has 1 aromatic carbocycles. The van der Waals surface area contributed by atoms with E-state index in [9.17, 15) is 24.3 Å². The summed E-state index contributed by atoms with van der Waals surface area (Å²) in [6.07, 6.45) is 3.04. The number of hydrogen-bond acceptors (Lipinski definition) is 4. The van der Waals surface area contributed by atoms with Crippen molar-refractivity contribution in [3.8, 4) is 0 Å². The molecule has 3 N–H and O–H groups in total. The molecule has 0 spiro atoms. The molecule has 0 bridgehead atoms. The number of hydrogen-bond donors (Lipinski definition) is 3. The number of carbonyl (C=O) groups excluding carboxylic acids is 1. The molecule has 1 atom stereocenters. The van der Waals surface area contributed by atoms with Crippen molar-refractivity contribution in [2.45, 2.75) is 58.5 Å². The van der Waals surface area contributed by atoms with Gasteiger partial charge in [0, 0.05) is 12.5 Å². The van der Waals surface area contributed by atoms with E-state index in [0.717, 1.165) is 0 Å². The van der Waals surface area contributed by atoms with Crippen molar-refractivity contribution >= 4 is 22.8 Å². The Labute approximate surface area is 174 Å². The summed E-state index contributed by atoms with van der Waals surface area (Å²) in [7, 11) is 0. The monoisotopic (exact) mass is 415 g/mol. The molecule has 162 valence electrons. The molecule has 1 heterocycles. The molecule has 30 heavy (non-hydrogen) atoms. The standard InChI is InChI=1S/C22H29N3O5/c1-13(2)11-18(21(28)29)23-19(26)15-9-7-14(8-10-15)12-25-20(27)16-5-3-4-6-17(16)24-22(25)30/h3-6,13-15,18H,7-12H2,1-2H3,(H,23,26)(H,24,30)(H,28,29)/t14?,15?,18-/m0/s1. The number of carbonyl (C=O) groups is 2. The highest BCUT2D eigenvalue weighted by atomic mass is 16.4. The number of aromatic amines is 1. The molecule has 1 saturated carbocycles. The number of aliphatic carboxylic acids is 1. The van der Waals surface area contributed by atoms with Gasteiger partial charge in [-0.05, 0) is 56.1 Å². The Bertz CT molecular complexity index is 1030. The predicted molar refractivity (Wildman–Crippen MR) is 113 cm³/mol. The van der Waals surface area contributed by atoms with Gasteiger partial charge >= 0.3 is 11.7 Å². The first kappa shape index (κ1) is 21.8. The molecule has 1 fully saturated rings. The average Bonchev–Trinajstić information content (AvgIpc) is 2.70. The Hall–Kier alpha value is -2.90. The maximum absolute atomic E-state index is 12.7. The van der Waals surface area contributed by atoms with Crippen molar-refractivity contribution < 1.29 is 14.7 Å². The van der Waals surface area contributed by atoms with Crippen LogP contribution in [-0.4, -0.2) is 32.6 Å². The van der Waals surface area contributed by atoms with Crippen LogP contribution in [0.2, 0.25) is 0 Å². The molecule has 2 aromatic rings. The van der Waals surface area contributed by atoms with Crippen molar-refractivity contribution in [2.24, 2.45) is 17.8 Å². The quantitative estimate of drug-likeness (QED) is 0.639. The summed E-state index contributed by atoms with van der Waals surface area (Å²) in [6.45, 7) is 4.16. The number of aromatic nitrogens is 2. The normalized spacial score (nSPS) is 20.2. The number of carboxylic acids is 1. The number of para-hydroxylation sites is 1. The summed E-state index contributed by atoms with van der Waals surface area (Å²) in [5, 5.41) is 12.5. The van der Waals surface area contributed by atoms with Gasteiger partial charge in [0.05, 0.1) is 10.9 Å². The third-order valence-corrected chi connectivity index (χ3v) is 5.87. The van der Waals surface area contributed by atoms with E-state index in [4.69, 9.17) is 0 Å². The largest absolute Gasteiger partial charge is 0.480 e. The number of nitrogens with zero attached hydrogens (tertiary/aromatic N) is 1. The second-order valence-electron chi connectivity index (χ2n) is 8.64. The molecule has 0 unspecified atom stereocenters. The van der Waals surface area contributed by atoms with Crippen LogP contribution in [0.15, 0.2) is 33.9 Å². The summed E-state index contributed by atoms with van der Waals surface area (Å²) in [4.78, 5) is 51.7. The zero-order valence-electron chi connectivity index (χ0n) is 17.4. The lowest BCUT2D eigenvalue weighted by Crippen LogP contribution is -2.45. The van der Waals surface area contributed by atoms with Crippen molar-refractivity contribution in [2.75, 3.05) is 0 Å². The maximum atomic E-state index is 12.7. The highest BCUT2D eigenvalue weighted by Gasteiger charge is 2.30. The summed E-state index contributed by atoms with van der Waals surface area (Å²) in [5.74, 6) is -1.18. The minimum absolute atomic E-state index is 0.125. The number of rotatable bonds is 7. The highest BCUT2D eigenvalue weighted by molar-refractivity contribution is 5.85. The van der Waals surface area contributed by atoms with Gasteiger partial charge in [-0.1, -0.05) is 26.0 Å². The van der Waals surface area contributed by atoms with Crippen LogP contribution in [0, 0.1) is 17.8 Å². The summed E-state index contributed by atoms with van der Waals surface area (Å²) >= 11 is 0. The van der Waals surface area contributed by atoms with Crippen LogP contribution in [0.1, 0.15) is 46.0 Å². The maximum Gasteiger partial charge on any atom is 0.328 e. The van der Waals surface area contributed by atoms with Crippen LogP contribution in [0.5, 0.6) is 0 Å². The van der Waals surface area contributed by atoms with Crippen LogP contribution in [0.4, 0.5) is 0 Å². The van der Waals surface area contributed by atoms with Crippen molar-refractivity contribution in [3.05, 3.63) is 45.1 Å². The molecular weight excluding hydrogens is 386 g/mol. The summed E-state index contributed by atoms with van der Waals surface area (Å²) < 4.78 is 1.25. The number of H-pyrrole nitrogens is 1. The Morgan fingerprint density at radius 3 is 2.47 bits per heavy atom. The van der Waals surface area contributed by atoms with Crippen molar-refractivity contribution in [3.63, 3.8) is 0 Å². The Morgan fingerprint density at radius 1 is 1.17 bits per heavy atom. The molecule has 3 rings (SSSR count). The van der Waals surface area contributed by atoms with Gasteiger partial charge in [-0.2, -0.15) is 0 Å². The summed E-state index contributed by atoms with van der Waals surface area (Å²) in [6, 6.07) is 6.06. The Morgan fingerprint density at radius 2 is 1.83 bits per heavy atom. The van der Waals surface area contributed by atoms with Gasteiger partial charge in [0.15, 0.2) is 0 Å². The van der Waals surface area contributed by atoms with Crippen molar-refractivity contribution in [1.82, 2.24) is 14.9 Å². The van der Waals surface area contributed by atoms with Crippen LogP contribution >= 0.6 is 0 Å². The molecule has 1 aliphatic carbocycles. The van der Waals surface area contributed by atoms with E-state index in [1.807, 2.05) is 13.8 Å². The van der Waals surface area contributed by atoms with E-state index in [1.165, 1.54) is 4.57 Å². The summed E-state index contributed by atoms with van der Waals surface area (Å²) in [5.41, 5.74) is -0.192. The minimum Gasteiger partial charge on any atom is -0.480 e. The first-order chi connectivity index (χ1) is 14.3. The average molecular weight is 415 g/mol. The predicted octanol–water partition coefficient (Wildman–Crippen LogP) is 2.11. The molecular formula is C22H29N3O5. The molecule has 1 aromatic heterocycles. The third kappa shape index (κ3) is 4.98. The lowest BCUT2D eigenvalue weighted by atomic mass is 9.81. The number of amides is 1. The first-order valence-electron chi connectivity index (χ1n) is 10.5. The van der Waals surface area contributed by atoms with Gasteiger partial charge < -0.3 is 15.4 Å². The van der Waals surface area contributed by atoms with Crippen LogP contribution in [0.25, 0.3) is 10.9 Å². The number of carboxylic acid groups (broad SMARTS) is 1. The van der Waals surface area contributed by atoms with Gasteiger partial charge in [-0.15, -0.1) is 0 Å². The van der Waals surface area contributed by atoms with E-state index in [1.54, 1.807) is 24.3 Å². The van der Waals surface area contributed by atoms with Crippen LogP contribution in [-0.2, 0) is 16.1 Å². The van der Waals surface area contributed by atoms with E-state index in [2.05, 4.69) is 10.3 Å². The SMILES string of the molecule is CC(C)C[C@H](NC(=O)C1CCC(Cn2c(=O)[nH]c3ccccc3c2=O)CC1)C(=O)O. The Balaban J connectivity index is 1.62. The molecule has 0 aliphatic heterocycles. The van der Waals surface area contributed by atoms with E-state index < -0.39 is 17.7 Å². The Kier molecular flexibility index (Phi) is 6.74. The van der Waals surface area contributed by atoms with Gasteiger partial charge in [0.25, 0.3) is 5.56 Å². The third-order valence-electron chi connectivity index (χ3n) is 5.87. The second kappa shape index (κ2) is 9.28. The molecule has 1 aliphatic rings. The lowest BCUT2D eigenvalue weighted by Gasteiger charge is -2.29. The number of fused-ring (bicyclic) bond motifs is 1. The smallest absolute Gasteiger partial charge is 0.328 e. The van der Waals surface area contributed by atoms with Crippen LogP contribution < -0.4 is 16.6 Å². The zero-order valence-corrected chi connectivity index (χ0v) is 17.4. The first-order valence-corrected chi connectivity index (χ1v) is 10.5. The number of nitrogens with one attached hydrogen (secondary N) is 2. The minimum atomic E-state index is -1.01. The van der Waals surface area contributed by atoms with Gasteiger partial charge in [0.2, 0.25) is 5.91 Å². The van der Waals surface area contributed by atoms with Gasteiger partial charge in [-0.3, -0.25) is 14.2 Å². The van der Waals surface area contributed by atoms with E-state index in [-0.39, 0.29) is 29.2 Å². The van der Waals surface area contributed by atoms with E-state index in [0.29, 0.717) is 49.6 Å². The topological polar surface area (TPSA) is 121 Å². The van der Waals surface area contributed by atoms with Gasteiger partial charge in [-0.25, -0.2) is 9.59 Å². The zero-order chi connectivity index (χ0) is 21.8. The van der Waals surface area contributed by atoms with Crippen LogP contribution in [0.3, 0.4) is 0 Å². The van der Waals surface area contributed by atoms with E-state index >= 15 is 0 Å². The lowest BCUT2D eigenvalue weighted by molar-refractivity contribution is -0.143.